The van der Waals surface area contributed by atoms with E-state index in [4.69, 9.17) is 4.42 Å². The van der Waals surface area contributed by atoms with Gasteiger partial charge in [0.25, 0.3) is 0 Å². The highest BCUT2D eigenvalue weighted by Gasteiger charge is 2.09. The molecule has 0 aliphatic rings. The van der Waals surface area contributed by atoms with Crippen molar-refractivity contribution >= 4 is 21.9 Å². The molecule has 0 aliphatic heterocycles. The smallest absolute Gasteiger partial charge is 0.196 e. The molecule has 0 saturated carbocycles. The Labute approximate surface area is 125 Å². The van der Waals surface area contributed by atoms with Crippen molar-refractivity contribution in [1.82, 2.24) is 9.97 Å². The molecule has 22 heavy (non-hydrogen) atoms. The first kappa shape index (κ1) is 12.5. The van der Waals surface area contributed by atoms with Gasteiger partial charge in [-0.15, -0.1) is 0 Å². The maximum Gasteiger partial charge on any atom is 0.196 e. The molecule has 2 heterocycles. The fraction of sp³-hybridized carbons (Fsp3) is 0. The lowest BCUT2D eigenvalue weighted by Crippen LogP contribution is -2.04. The van der Waals surface area contributed by atoms with Gasteiger partial charge in [0.15, 0.2) is 11.6 Å². The minimum Gasteiger partial charge on any atom is -0.453 e. The molecule has 2 aromatic carbocycles. The fourth-order valence-electron chi connectivity index (χ4n) is 2.40. The first-order valence-electron chi connectivity index (χ1n) is 6.78. The third-order valence-electron chi connectivity index (χ3n) is 3.47. The maximum absolute atomic E-state index is 9.22. The minimum absolute atomic E-state index is 0.425. The molecule has 1 N–H and O–H groups in total. The van der Waals surface area contributed by atoms with Crippen molar-refractivity contribution in [1.29, 1.82) is 0 Å². The minimum atomic E-state index is 0.425. The molecule has 0 unspecified atom stereocenters. The summed E-state index contributed by atoms with van der Waals surface area (Å²) < 4.78 is 5.84. The Hall–Kier alpha value is -3.21. The van der Waals surface area contributed by atoms with Gasteiger partial charge in [0, 0.05) is 23.0 Å². The van der Waals surface area contributed by atoms with Gasteiger partial charge in [-0.05, 0) is 18.2 Å². The van der Waals surface area contributed by atoms with E-state index in [1.54, 1.807) is 12.3 Å². The van der Waals surface area contributed by atoms with Crippen molar-refractivity contribution in [2.45, 2.75) is 0 Å². The third kappa shape index (κ3) is 2.00. The molecule has 0 aliphatic carbocycles. The summed E-state index contributed by atoms with van der Waals surface area (Å²) >= 11 is 0. The van der Waals surface area contributed by atoms with Crippen LogP contribution in [0.25, 0.3) is 33.5 Å². The van der Waals surface area contributed by atoms with Gasteiger partial charge in [0.1, 0.15) is 10.9 Å². The van der Waals surface area contributed by atoms with Gasteiger partial charge in [-0.25, -0.2) is 9.97 Å². The van der Waals surface area contributed by atoms with Crippen LogP contribution in [0, 0.1) is 0 Å². The molecular formula is C17H11N3O2. The van der Waals surface area contributed by atoms with Crippen LogP contribution in [-0.2, 0) is 0 Å². The van der Waals surface area contributed by atoms with Crippen LogP contribution in [0.1, 0.15) is 0 Å². The summed E-state index contributed by atoms with van der Waals surface area (Å²) in [6.45, 7) is 0. The van der Waals surface area contributed by atoms with E-state index >= 15 is 0 Å². The molecule has 0 atom stereocenters. The molecule has 106 valence electrons. The van der Waals surface area contributed by atoms with Gasteiger partial charge in [0.2, 0.25) is 0 Å². The molecule has 5 nitrogen and oxygen atoms in total. The first-order valence-corrected chi connectivity index (χ1v) is 6.78. The SMILES string of the molecule is ON=c1cc(-c2ncc3ccccc3n2)oc2ccccc12. The average molecular weight is 289 g/mol. The molecule has 0 bridgehead atoms. The van der Waals surface area contributed by atoms with Crippen molar-refractivity contribution in [2.75, 3.05) is 0 Å². The molecule has 0 amide bonds. The molecule has 0 saturated heterocycles. The van der Waals surface area contributed by atoms with E-state index in [2.05, 4.69) is 15.1 Å². The Morgan fingerprint density at radius 2 is 1.82 bits per heavy atom. The number of benzene rings is 2. The molecule has 0 radical (unpaired) electrons. The Morgan fingerprint density at radius 1 is 1.00 bits per heavy atom. The highest BCUT2D eigenvalue weighted by atomic mass is 16.4. The zero-order valence-corrected chi connectivity index (χ0v) is 11.5. The van der Waals surface area contributed by atoms with Crippen molar-refractivity contribution in [3.63, 3.8) is 0 Å². The van der Waals surface area contributed by atoms with E-state index in [0.29, 0.717) is 22.5 Å². The van der Waals surface area contributed by atoms with Crippen molar-refractivity contribution in [3.05, 3.63) is 66.2 Å². The number of rotatable bonds is 1. The molecular weight excluding hydrogens is 278 g/mol. The second kappa shape index (κ2) is 4.96. The Balaban J connectivity index is 1.99. The monoisotopic (exact) mass is 289 g/mol. The number of hydrogen-bond acceptors (Lipinski definition) is 5. The third-order valence-corrected chi connectivity index (χ3v) is 3.47. The topological polar surface area (TPSA) is 71.5 Å². The predicted octanol–water partition coefficient (Wildman–Crippen LogP) is 3.33. The standard InChI is InChI=1S/C17H11N3O2/c21-20-14-9-16(22-15-8-4-2-6-12(14)15)17-18-10-11-5-1-3-7-13(11)19-17/h1-10,21H. The molecule has 5 heteroatoms. The van der Waals surface area contributed by atoms with Gasteiger partial charge >= 0.3 is 0 Å². The Kier molecular flexibility index (Phi) is 2.83. The quantitative estimate of drug-likeness (QED) is 0.431. The van der Waals surface area contributed by atoms with Gasteiger partial charge < -0.3 is 9.62 Å². The Bertz CT molecular complexity index is 1050. The van der Waals surface area contributed by atoms with Gasteiger partial charge in [-0.3, -0.25) is 0 Å². The van der Waals surface area contributed by atoms with E-state index in [1.165, 1.54) is 0 Å². The predicted molar refractivity (Wildman–Crippen MR) is 82.1 cm³/mol. The highest BCUT2D eigenvalue weighted by molar-refractivity contribution is 5.80. The number of nitrogens with zero attached hydrogens (tertiary/aromatic N) is 3. The van der Waals surface area contributed by atoms with Gasteiger partial charge in [0.05, 0.1) is 5.52 Å². The summed E-state index contributed by atoms with van der Waals surface area (Å²) in [4.78, 5) is 8.83. The normalized spacial score (nSPS) is 12.1. The summed E-state index contributed by atoms with van der Waals surface area (Å²) in [7, 11) is 0. The van der Waals surface area contributed by atoms with E-state index in [-0.39, 0.29) is 0 Å². The summed E-state index contributed by atoms with van der Waals surface area (Å²) in [5.41, 5.74) is 1.45. The van der Waals surface area contributed by atoms with E-state index in [1.807, 2.05) is 48.5 Å². The van der Waals surface area contributed by atoms with Crippen LogP contribution in [0.4, 0.5) is 0 Å². The zero-order valence-electron chi connectivity index (χ0n) is 11.5. The number of para-hydroxylation sites is 2. The Morgan fingerprint density at radius 3 is 2.73 bits per heavy atom. The zero-order chi connectivity index (χ0) is 14.9. The average Bonchev–Trinajstić information content (AvgIpc) is 2.60. The second-order valence-electron chi connectivity index (χ2n) is 4.84. The second-order valence-corrected chi connectivity index (χ2v) is 4.84. The lowest BCUT2D eigenvalue weighted by atomic mass is 10.2. The van der Waals surface area contributed by atoms with Crippen LogP contribution in [0.15, 0.2) is 70.4 Å². The van der Waals surface area contributed by atoms with Gasteiger partial charge in [-0.1, -0.05) is 35.5 Å². The summed E-state index contributed by atoms with van der Waals surface area (Å²) in [5, 5.41) is 14.7. The van der Waals surface area contributed by atoms with Crippen LogP contribution >= 0.6 is 0 Å². The lowest BCUT2D eigenvalue weighted by molar-refractivity contribution is 0.302. The van der Waals surface area contributed by atoms with Crippen LogP contribution < -0.4 is 5.36 Å². The van der Waals surface area contributed by atoms with Crippen molar-refractivity contribution in [3.8, 4) is 11.6 Å². The van der Waals surface area contributed by atoms with Crippen LogP contribution in [0.2, 0.25) is 0 Å². The summed E-state index contributed by atoms with van der Waals surface area (Å²) in [5.74, 6) is 0.909. The number of fused-ring (bicyclic) bond motifs is 2. The van der Waals surface area contributed by atoms with E-state index < -0.39 is 0 Å². The molecule has 4 rings (SSSR count). The lowest BCUT2D eigenvalue weighted by Gasteiger charge is -2.04. The maximum atomic E-state index is 9.22. The molecule has 0 spiro atoms. The summed E-state index contributed by atoms with van der Waals surface area (Å²) in [6.07, 6.45) is 1.75. The largest absolute Gasteiger partial charge is 0.453 e. The van der Waals surface area contributed by atoms with Crippen LogP contribution in [0.3, 0.4) is 0 Å². The molecule has 4 aromatic rings. The summed E-state index contributed by atoms with van der Waals surface area (Å²) in [6, 6.07) is 16.7. The van der Waals surface area contributed by atoms with E-state index in [9.17, 15) is 5.21 Å². The van der Waals surface area contributed by atoms with E-state index in [0.717, 1.165) is 16.3 Å². The number of aromatic nitrogens is 2. The van der Waals surface area contributed by atoms with Gasteiger partial charge in [-0.2, -0.15) is 0 Å². The van der Waals surface area contributed by atoms with Crippen molar-refractivity contribution in [2.24, 2.45) is 5.16 Å². The van der Waals surface area contributed by atoms with Crippen molar-refractivity contribution < 1.29 is 9.62 Å². The highest BCUT2D eigenvalue weighted by Crippen LogP contribution is 2.20. The first-order chi connectivity index (χ1) is 10.8. The van der Waals surface area contributed by atoms with Crippen LogP contribution in [0.5, 0.6) is 0 Å². The fourth-order valence-corrected chi connectivity index (χ4v) is 2.40. The number of hydrogen-bond donors (Lipinski definition) is 1. The molecule has 0 fully saturated rings. The van der Waals surface area contributed by atoms with Crippen LogP contribution in [-0.4, -0.2) is 15.2 Å². The molecule has 2 aromatic heterocycles.